The standard InChI is InChI=1S/C21H29N3O2/c1-4-22-21(23-15-18-11-8-12-19(26-3)20(18)25)24-16(2)13-14-17-9-6-5-7-10-17/h5-12,16,25H,4,13-15H2,1-3H3,(H2,22,23,24). The molecule has 2 aromatic rings. The van der Waals surface area contributed by atoms with Gasteiger partial charge < -0.3 is 20.5 Å². The van der Waals surface area contributed by atoms with Gasteiger partial charge in [0.2, 0.25) is 0 Å². The lowest BCUT2D eigenvalue weighted by molar-refractivity contribution is 0.370. The van der Waals surface area contributed by atoms with Crippen molar-refractivity contribution in [2.24, 2.45) is 4.99 Å². The van der Waals surface area contributed by atoms with Gasteiger partial charge >= 0.3 is 0 Å². The van der Waals surface area contributed by atoms with Crippen molar-refractivity contribution in [3.63, 3.8) is 0 Å². The second-order valence-corrected chi connectivity index (χ2v) is 6.23. The van der Waals surface area contributed by atoms with Crippen LogP contribution in [0.2, 0.25) is 0 Å². The molecule has 2 aromatic carbocycles. The Morgan fingerprint density at radius 3 is 2.62 bits per heavy atom. The third-order valence-electron chi connectivity index (χ3n) is 4.15. The number of phenols is 1. The molecule has 0 aliphatic rings. The fraction of sp³-hybridized carbons (Fsp3) is 0.381. The van der Waals surface area contributed by atoms with E-state index in [9.17, 15) is 5.11 Å². The number of phenolic OH excluding ortho intramolecular Hbond substituents is 1. The Hall–Kier alpha value is -2.69. The summed E-state index contributed by atoms with van der Waals surface area (Å²) in [4.78, 5) is 4.59. The second-order valence-electron chi connectivity index (χ2n) is 6.23. The first kappa shape index (κ1) is 19.6. The van der Waals surface area contributed by atoms with Crippen molar-refractivity contribution in [1.82, 2.24) is 10.6 Å². The molecule has 0 aliphatic carbocycles. The zero-order valence-corrected chi connectivity index (χ0v) is 15.8. The lowest BCUT2D eigenvalue weighted by Gasteiger charge is -2.18. The molecule has 3 N–H and O–H groups in total. The zero-order chi connectivity index (χ0) is 18.8. The largest absolute Gasteiger partial charge is 0.504 e. The Morgan fingerprint density at radius 2 is 1.92 bits per heavy atom. The molecule has 0 aliphatic heterocycles. The summed E-state index contributed by atoms with van der Waals surface area (Å²) >= 11 is 0. The smallest absolute Gasteiger partial charge is 0.191 e. The van der Waals surface area contributed by atoms with Gasteiger partial charge in [-0.15, -0.1) is 0 Å². The minimum atomic E-state index is 0.145. The first-order valence-corrected chi connectivity index (χ1v) is 9.07. The van der Waals surface area contributed by atoms with Crippen molar-refractivity contribution in [3.8, 4) is 11.5 Å². The highest BCUT2D eigenvalue weighted by molar-refractivity contribution is 5.80. The number of nitrogens with zero attached hydrogens (tertiary/aromatic N) is 1. The molecule has 0 bridgehead atoms. The van der Waals surface area contributed by atoms with E-state index in [4.69, 9.17) is 4.74 Å². The third-order valence-corrected chi connectivity index (χ3v) is 4.15. The molecule has 2 rings (SSSR count). The quantitative estimate of drug-likeness (QED) is 0.501. The van der Waals surface area contributed by atoms with Gasteiger partial charge in [0.05, 0.1) is 13.7 Å². The Bertz CT molecular complexity index is 702. The average molecular weight is 355 g/mol. The Balaban J connectivity index is 1.95. The first-order valence-electron chi connectivity index (χ1n) is 9.07. The summed E-state index contributed by atoms with van der Waals surface area (Å²) < 4.78 is 5.15. The fourth-order valence-electron chi connectivity index (χ4n) is 2.68. The van der Waals surface area contributed by atoms with Crippen molar-refractivity contribution in [2.75, 3.05) is 13.7 Å². The first-order chi connectivity index (χ1) is 12.6. The summed E-state index contributed by atoms with van der Waals surface area (Å²) in [6.45, 7) is 5.35. The molecule has 0 fully saturated rings. The number of guanidine groups is 1. The van der Waals surface area contributed by atoms with Crippen LogP contribution in [0, 0.1) is 0 Å². The van der Waals surface area contributed by atoms with E-state index in [0.717, 1.165) is 30.9 Å². The van der Waals surface area contributed by atoms with Gasteiger partial charge in [-0.05, 0) is 38.3 Å². The number of hydrogen-bond acceptors (Lipinski definition) is 3. The molecule has 0 amide bonds. The van der Waals surface area contributed by atoms with Crippen LogP contribution in [-0.4, -0.2) is 30.8 Å². The maximum Gasteiger partial charge on any atom is 0.191 e. The van der Waals surface area contributed by atoms with Crippen LogP contribution in [0.1, 0.15) is 31.4 Å². The van der Waals surface area contributed by atoms with E-state index >= 15 is 0 Å². The predicted molar refractivity (Wildman–Crippen MR) is 107 cm³/mol. The number of methoxy groups -OCH3 is 1. The molecule has 0 heterocycles. The van der Waals surface area contributed by atoms with Gasteiger partial charge in [-0.2, -0.15) is 0 Å². The summed E-state index contributed by atoms with van der Waals surface area (Å²) in [7, 11) is 1.54. The summed E-state index contributed by atoms with van der Waals surface area (Å²) in [6, 6.07) is 16.2. The van der Waals surface area contributed by atoms with Gasteiger partial charge in [0, 0.05) is 18.2 Å². The maximum absolute atomic E-state index is 10.2. The number of ether oxygens (including phenoxy) is 1. The van der Waals surface area contributed by atoms with Crippen LogP contribution in [0.5, 0.6) is 11.5 Å². The molecule has 0 saturated carbocycles. The summed E-state index contributed by atoms with van der Waals surface area (Å²) in [5, 5.41) is 16.9. The minimum Gasteiger partial charge on any atom is -0.504 e. The summed E-state index contributed by atoms with van der Waals surface area (Å²) in [5.41, 5.74) is 2.07. The average Bonchev–Trinajstić information content (AvgIpc) is 2.66. The van der Waals surface area contributed by atoms with E-state index in [-0.39, 0.29) is 11.8 Å². The second kappa shape index (κ2) is 10.3. The van der Waals surface area contributed by atoms with Crippen LogP contribution < -0.4 is 15.4 Å². The predicted octanol–water partition coefficient (Wildman–Crippen LogP) is 3.48. The number of hydrogen-bond donors (Lipinski definition) is 3. The molecule has 5 heteroatoms. The third kappa shape index (κ3) is 5.99. The van der Waals surface area contributed by atoms with Gasteiger partial charge in [-0.3, -0.25) is 0 Å². The maximum atomic E-state index is 10.2. The number of rotatable bonds is 8. The van der Waals surface area contributed by atoms with Crippen molar-refractivity contribution in [3.05, 3.63) is 59.7 Å². The monoisotopic (exact) mass is 355 g/mol. The highest BCUT2D eigenvalue weighted by Crippen LogP contribution is 2.29. The molecule has 1 atom stereocenters. The number of benzene rings is 2. The highest BCUT2D eigenvalue weighted by atomic mass is 16.5. The zero-order valence-electron chi connectivity index (χ0n) is 15.8. The molecular weight excluding hydrogens is 326 g/mol. The van der Waals surface area contributed by atoms with Crippen LogP contribution in [0.15, 0.2) is 53.5 Å². The topological polar surface area (TPSA) is 65.9 Å². The van der Waals surface area contributed by atoms with Gasteiger partial charge in [0.25, 0.3) is 0 Å². The number of aromatic hydroxyl groups is 1. The van der Waals surface area contributed by atoms with Crippen molar-refractivity contribution >= 4 is 5.96 Å². The van der Waals surface area contributed by atoms with Gasteiger partial charge in [0.15, 0.2) is 17.5 Å². The lowest BCUT2D eigenvalue weighted by Crippen LogP contribution is -2.42. The van der Waals surface area contributed by atoms with Gasteiger partial charge in [-0.1, -0.05) is 42.5 Å². The SMILES string of the molecule is CCNC(=NCc1cccc(OC)c1O)NC(C)CCc1ccccc1. The molecular formula is C21H29N3O2. The Labute approximate surface area is 156 Å². The highest BCUT2D eigenvalue weighted by Gasteiger charge is 2.09. The van der Waals surface area contributed by atoms with Crippen molar-refractivity contribution in [2.45, 2.75) is 39.3 Å². The number of para-hydroxylation sites is 1. The van der Waals surface area contributed by atoms with E-state index in [2.05, 4.69) is 46.8 Å². The van der Waals surface area contributed by atoms with Crippen molar-refractivity contribution < 1.29 is 9.84 Å². The lowest BCUT2D eigenvalue weighted by atomic mass is 10.1. The van der Waals surface area contributed by atoms with Crippen LogP contribution in [0.4, 0.5) is 0 Å². The Morgan fingerprint density at radius 1 is 1.15 bits per heavy atom. The van der Waals surface area contributed by atoms with E-state index in [0.29, 0.717) is 12.3 Å². The fourth-order valence-corrected chi connectivity index (χ4v) is 2.68. The van der Waals surface area contributed by atoms with Crippen LogP contribution in [0.25, 0.3) is 0 Å². The normalized spacial score (nSPS) is 12.5. The number of nitrogens with one attached hydrogen (secondary N) is 2. The minimum absolute atomic E-state index is 0.145. The molecule has 0 saturated heterocycles. The van der Waals surface area contributed by atoms with Gasteiger partial charge in [-0.25, -0.2) is 4.99 Å². The molecule has 0 radical (unpaired) electrons. The molecule has 140 valence electrons. The van der Waals surface area contributed by atoms with Crippen molar-refractivity contribution in [1.29, 1.82) is 0 Å². The van der Waals surface area contributed by atoms with Crippen LogP contribution >= 0.6 is 0 Å². The number of aliphatic imine (C=N–C) groups is 1. The summed E-state index contributed by atoms with van der Waals surface area (Å²) in [6.07, 6.45) is 2.03. The molecule has 1 unspecified atom stereocenters. The Kier molecular flexibility index (Phi) is 7.80. The van der Waals surface area contributed by atoms with E-state index < -0.39 is 0 Å². The molecule has 0 spiro atoms. The van der Waals surface area contributed by atoms with E-state index in [1.165, 1.54) is 5.56 Å². The number of aryl methyl sites for hydroxylation is 1. The van der Waals surface area contributed by atoms with Crippen LogP contribution in [-0.2, 0) is 13.0 Å². The van der Waals surface area contributed by atoms with Crippen LogP contribution in [0.3, 0.4) is 0 Å². The molecule has 5 nitrogen and oxygen atoms in total. The van der Waals surface area contributed by atoms with E-state index in [1.54, 1.807) is 13.2 Å². The molecule has 0 aromatic heterocycles. The van der Waals surface area contributed by atoms with Gasteiger partial charge in [0.1, 0.15) is 0 Å². The molecule has 26 heavy (non-hydrogen) atoms. The van der Waals surface area contributed by atoms with E-state index in [1.807, 2.05) is 25.1 Å². The summed E-state index contributed by atoms with van der Waals surface area (Å²) in [5.74, 6) is 1.36.